The second-order valence-electron chi connectivity index (χ2n) is 13.5. The van der Waals surface area contributed by atoms with Gasteiger partial charge in [0.05, 0.1) is 35.9 Å². The minimum absolute atomic E-state index is 0.0286. The third kappa shape index (κ3) is 5.03. The molecule has 7 unspecified atom stereocenters. The SMILES string of the molecule is O=C1C(C(=O)N2CCC(N3CCCC3)CC2)=CN2C3CCCCC3OC3C(NCCN4CCCC4)C(F)CC1C32. The van der Waals surface area contributed by atoms with Crippen molar-refractivity contribution >= 4 is 11.7 Å². The van der Waals surface area contributed by atoms with Gasteiger partial charge in [0.2, 0.25) is 0 Å². The summed E-state index contributed by atoms with van der Waals surface area (Å²) in [5, 5.41) is 3.53. The van der Waals surface area contributed by atoms with Gasteiger partial charge in [0.1, 0.15) is 6.17 Å². The van der Waals surface area contributed by atoms with E-state index < -0.39 is 18.1 Å². The molecule has 9 heteroatoms. The van der Waals surface area contributed by atoms with Crippen molar-refractivity contribution in [3.63, 3.8) is 0 Å². The van der Waals surface area contributed by atoms with Crippen molar-refractivity contribution in [2.24, 2.45) is 5.92 Å². The molecule has 5 heterocycles. The first kappa shape index (κ1) is 27.3. The Labute approximate surface area is 238 Å². The van der Waals surface area contributed by atoms with Crippen molar-refractivity contribution < 1.29 is 18.7 Å². The van der Waals surface area contributed by atoms with Crippen molar-refractivity contribution in [2.45, 2.75) is 113 Å². The number of halogens is 1. The Morgan fingerprint density at radius 2 is 1.68 bits per heavy atom. The van der Waals surface area contributed by atoms with Crippen LogP contribution < -0.4 is 5.32 Å². The average Bonchev–Trinajstić information content (AvgIpc) is 3.71. The highest BCUT2D eigenvalue weighted by atomic mass is 19.1. The quantitative estimate of drug-likeness (QED) is 0.503. The summed E-state index contributed by atoms with van der Waals surface area (Å²) in [6, 6.07) is 0.101. The van der Waals surface area contributed by atoms with Gasteiger partial charge in [0, 0.05) is 44.3 Å². The number of nitrogens with zero attached hydrogens (tertiary/aromatic N) is 4. The Morgan fingerprint density at radius 1 is 0.950 bits per heavy atom. The largest absolute Gasteiger partial charge is 0.369 e. The van der Waals surface area contributed by atoms with Crippen molar-refractivity contribution in [1.29, 1.82) is 0 Å². The lowest BCUT2D eigenvalue weighted by atomic mass is 9.69. The number of ether oxygens (including phenoxy) is 1. The molecule has 222 valence electrons. The maximum atomic E-state index is 15.9. The van der Waals surface area contributed by atoms with Crippen LogP contribution in [0.25, 0.3) is 0 Å². The molecule has 0 radical (unpaired) electrons. The van der Waals surface area contributed by atoms with Crippen molar-refractivity contribution in [2.75, 3.05) is 52.4 Å². The zero-order valence-corrected chi connectivity index (χ0v) is 24.0. The standard InChI is InChI=1S/C31H48FN5O3/c32-24-19-22-28-30(27(24)33-11-18-34-12-3-4-13-34)40-26-8-2-1-7-25(26)37(28)20-23(29(22)38)31(39)36-16-9-21(10-17-36)35-14-5-6-15-35/h20-22,24-28,30,33H,1-19H2. The number of morpholine rings is 1. The lowest BCUT2D eigenvalue weighted by Gasteiger charge is -2.59. The Morgan fingerprint density at radius 3 is 2.45 bits per heavy atom. The van der Waals surface area contributed by atoms with E-state index in [0.717, 1.165) is 64.7 Å². The second kappa shape index (κ2) is 11.6. The molecule has 2 aliphatic carbocycles. The maximum absolute atomic E-state index is 15.9. The molecule has 0 aromatic heterocycles. The molecule has 7 aliphatic rings. The highest BCUT2D eigenvalue weighted by Crippen LogP contribution is 2.45. The van der Waals surface area contributed by atoms with E-state index in [0.29, 0.717) is 24.7 Å². The predicted molar refractivity (Wildman–Crippen MR) is 151 cm³/mol. The van der Waals surface area contributed by atoms with E-state index in [1.54, 1.807) is 0 Å². The number of rotatable bonds is 6. The number of Topliss-reactive ketones (excluding diaryl/α,β-unsaturated/α-hetero) is 1. The molecule has 1 amide bonds. The number of piperidine rings is 1. The Kier molecular flexibility index (Phi) is 7.93. The summed E-state index contributed by atoms with van der Waals surface area (Å²) in [4.78, 5) is 37.0. The molecule has 40 heavy (non-hydrogen) atoms. The molecule has 0 aromatic rings. The number of carbonyl (C=O) groups is 2. The van der Waals surface area contributed by atoms with Crippen LogP contribution in [0.4, 0.5) is 4.39 Å². The third-order valence-electron chi connectivity index (χ3n) is 11.2. The Bertz CT molecular complexity index is 974. The molecule has 5 aliphatic heterocycles. The smallest absolute Gasteiger partial charge is 0.258 e. The molecule has 2 saturated carbocycles. The molecule has 6 fully saturated rings. The third-order valence-corrected chi connectivity index (χ3v) is 11.2. The van der Waals surface area contributed by atoms with E-state index in [2.05, 4.69) is 20.0 Å². The lowest BCUT2D eigenvalue weighted by molar-refractivity contribution is -0.197. The first-order valence-electron chi connectivity index (χ1n) is 16.4. The van der Waals surface area contributed by atoms with Crippen molar-refractivity contribution in [1.82, 2.24) is 24.9 Å². The predicted octanol–water partition coefficient (Wildman–Crippen LogP) is 2.33. The first-order chi connectivity index (χ1) is 19.6. The number of hydrogen-bond acceptors (Lipinski definition) is 7. The summed E-state index contributed by atoms with van der Waals surface area (Å²) in [6.07, 6.45) is 11.7. The van der Waals surface area contributed by atoms with E-state index in [-0.39, 0.29) is 42.4 Å². The molecule has 4 saturated heterocycles. The van der Waals surface area contributed by atoms with E-state index in [4.69, 9.17) is 4.74 Å². The summed E-state index contributed by atoms with van der Waals surface area (Å²) in [5.41, 5.74) is 0.290. The van der Waals surface area contributed by atoms with Crippen LogP contribution in [0.15, 0.2) is 11.8 Å². The minimum atomic E-state index is -1.17. The molecule has 0 bridgehead atoms. The number of carbonyl (C=O) groups excluding carboxylic acids is 2. The topological polar surface area (TPSA) is 68.4 Å². The van der Waals surface area contributed by atoms with E-state index in [9.17, 15) is 9.59 Å². The zero-order chi connectivity index (χ0) is 27.2. The van der Waals surface area contributed by atoms with Crippen LogP contribution in [0.3, 0.4) is 0 Å². The van der Waals surface area contributed by atoms with Crippen LogP contribution in [0.2, 0.25) is 0 Å². The van der Waals surface area contributed by atoms with Crippen LogP contribution in [0.1, 0.15) is 70.6 Å². The zero-order valence-electron chi connectivity index (χ0n) is 24.0. The fraction of sp³-hybridized carbons (Fsp3) is 0.871. The Hall–Kier alpha value is -1.55. The number of ketones is 1. The summed E-state index contributed by atoms with van der Waals surface area (Å²) in [5.74, 6) is -0.820. The number of likely N-dealkylation sites (tertiary alicyclic amines) is 3. The van der Waals surface area contributed by atoms with Crippen molar-refractivity contribution in [3.8, 4) is 0 Å². The Balaban J connectivity index is 1.10. The maximum Gasteiger partial charge on any atom is 0.258 e. The molecule has 8 nitrogen and oxygen atoms in total. The van der Waals surface area contributed by atoms with Gasteiger partial charge in [-0.1, -0.05) is 12.8 Å². The lowest BCUT2D eigenvalue weighted by Crippen LogP contribution is -2.73. The van der Waals surface area contributed by atoms with Gasteiger partial charge in [-0.3, -0.25) is 9.59 Å². The summed E-state index contributed by atoms with van der Waals surface area (Å²) in [6.45, 7) is 7.65. The average molecular weight is 558 g/mol. The molecule has 1 N–H and O–H groups in total. The van der Waals surface area contributed by atoms with Crippen LogP contribution in [-0.4, -0.2) is 126 Å². The number of fused-ring (bicyclic) bond motifs is 2. The fourth-order valence-electron chi connectivity index (χ4n) is 9.09. The van der Waals surface area contributed by atoms with Gasteiger partial charge >= 0.3 is 0 Å². The van der Waals surface area contributed by atoms with Gasteiger partial charge in [0.25, 0.3) is 5.91 Å². The van der Waals surface area contributed by atoms with Gasteiger partial charge in [-0.2, -0.15) is 0 Å². The van der Waals surface area contributed by atoms with Gasteiger partial charge in [-0.25, -0.2) is 4.39 Å². The van der Waals surface area contributed by atoms with Crippen LogP contribution >= 0.6 is 0 Å². The van der Waals surface area contributed by atoms with Gasteiger partial charge in [-0.15, -0.1) is 0 Å². The van der Waals surface area contributed by atoms with Crippen LogP contribution in [0, 0.1) is 5.92 Å². The number of amides is 1. The highest BCUT2D eigenvalue weighted by molar-refractivity contribution is 6.20. The summed E-state index contributed by atoms with van der Waals surface area (Å²) in [7, 11) is 0. The summed E-state index contributed by atoms with van der Waals surface area (Å²) >= 11 is 0. The van der Waals surface area contributed by atoms with Crippen molar-refractivity contribution in [3.05, 3.63) is 11.8 Å². The molecular weight excluding hydrogens is 509 g/mol. The first-order valence-corrected chi connectivity index (χ1v) is 16.4. The molecule has 7 rings (SSSR count). The van der Waals surface area contributed by atoms with Crippen LogP contribution in [0.5, 0.6) is 0 Å². The highest BCUT2D eigenvalue weighted by Gasteiger charge is 2.58. The number of hydrogen-bond donors (Lipinski definition) is 1. The molecular formula is C31H48FN5O3. The van der Waals surface area contributed by atoms with Gasteiger partial charge in [-0.05, 0) is 84.0 Å². The fourth-order valence-corrected chi connectivity index (χ4v) is 9.09. The monoisotopic (exact) mass is 557 g/mol. The van der Waals surface area contributed by atoms with Gasteiger partial charge in [0.15, 0.2) is 5.78 Å². The van der Waals surface area contributed by atoms with E-state index in [1.165, 1.54) is 38.8 Å². The minimum Gasteiger partial charge on any atom is -0.369 e. The number of alkyl halides is 1. The normalized spacial score (nSPS) is 39.3. The van der Waals surface area contributed by atoms with E-state index >= 15 is 4.39 Å². The van der Waals surface area contributed by atoms with Gasteiger partial charge < -0.3 is 29.7 Å². The number of nitrogens with one attached hydrogen (secondary N) is 1. The summed E-state index contributed by atoms with van der Waals surface area (Å²) < 4.78 is 22.7. The second-order valence-corrected chi connectivity index (χ2v) is 13.5. The molecule has 0 aromatic carbocycles. The van der Waals surface area contributed by atoms with E-state index in [1.807, 2.05) is 11.1 Å². The van der Waals surface area contributed by atoms with Crippen LogP contribution in [-0.2, 0) is 14.3 Å². The molecule has 7 atom stereocenters. The molecule has 0 spiro atoms.